The maximum Gasteiger partial charge on any atom is 0.422 e. The second-order valence-electron chi connectivity index (χ2n) is 7.96. The van der Waals surface area contributed by atoms with Crippen LogP contribution >= 0.6 is 0 Å². The predicted octanol–water partition coefficient (Wildman–Crippen LogP) is 4.60. The maximum absolute atomic E-state index is 12.3. The molecule has 0 saturated heterocycles. The van der Waals surface area contributed by atoms with Crippen molar-refractivity contribution in [3.63, 3.8) is 0 Å². The molecule has 0 aromatic heterocycles. The zero-order chi connectivity index (χ0) is 20.7. The van der Waals surface area contributed by atoms with Gasteiger partial charge >= 0.3 is 6.18 Å². The molecule has 0 saturated carbocycles. The van der Waals surface area contributed by atoms with E-state index < -0.39 is 22.6 Å². The maximum atomic E-state index is 12.3. The molecule has 0 radical (unpaired) electrons. The third kappa shape index (κ3) is 11.2. The molecule has 1 rings (SSSR count). The van der Waals surface area contributed by atoms with Gasteiger partial charge in [0, 0.05) is 6.61 Å². The molecule has 0 aliphatic carbocycles. The van der Waals surface area contributed by atoms with Crippen molar-refractivity contribution in [1.82, 2.24) is 0 Å². The Kier molecular flexibility index (Phi) is 8.60. The van der Waals surface area contributed by atoms with E-state index in [-0.39, 0.29) is 28.6 Å². The molecule has 27 heavy (non-hydrogen) atoms. The first-order chi connectivity index (χ1) is 12.3. The van der Waals surface area contributed by atoms with Gasteiger partial charge in [0.25, 0.3) is 0 Å². The molecule has 1 aromatic rings. The number of alkyl halides is 3. The van der Waals surface area contributed by atoms with Gasteiger partial charge in [-0.3, -0.25) is 0 Å². The van der Waals surface area contributed by atoms with Gasteiger partial charge < -0.3 is 9.47 Å². The zero-order valence-electron chi connectivity index (χ0n) is 16.3. The molecule has 0 bridgehead atoms. The average molecular weight is 410 g/mol. The minimum absolute atomic E-state index is 0.0196. The first kappa shape index (κ1) is 23.8. The van der Waals surface area contributed by atoms with Crippen LogP contribution in [-0.4, -0.2) is 45.9 Å². The Bertz CT molecular complexity index is 679. The van der Waals surface area contributed by atoms with E-state index in [1.165, 1.54) is 12.1 Å². The lowest BCUT2D eigenvalue weighted by Gasteiger charge is -2.18. The summed E-state index contributed by atoms with van der Waals surface area (Å²) in [6.45, 7) is 7.42. The number of hydrogen-bond donors (Lipinski definition) is 0. The summed E-state index contributed by atoms with van der Waals surface area (Å²) < 4.78 is 71.5. The van der Waals surface area contributed by atoms with E-state index in [0.29, 0.717) is 25.2 Å². The van der Waals surface area contributed by atoms with Crippen molar-refractivity contribution in [3.8, 4) is 5.75 Å². The van der Waals surface area contributed by atoms with Gasteiger partial charge in [-0.25, -0.2) is 8.42 Å². The van der Waals surface area contributed by atoms with Crippen LogP contribution < -0.4 is 4.74 Å². The highest BCUT2D eigenvalue weighted by Gasteiger charge is 2.28. The van der Waals surface area contributed by atoms with Crippen molar-refractivity contribution >= 4 is 9.84 Å². The molecule has 1 aromatic carbocycles. The molecule has 0 unspecified atom stereocenters. The molecule has 0 aliphatic heterocycles. The van der Waals surface area contributed by atoms with Crippen LogP contribution in [0.4, 0.5) is 13.2 Å². The molecule has 4 nitrogen and oxygen atoms in total. The topological polar surface area (TPSA) is 52.6 Å². The number of sulfone groups is 1. The van der Waals surface area contributed by atoms with Crippen LogP contribution in [0.3, 0.4) is 0 Å². The fourth-order valence-electron chi connectivity index (χ4n) is 2.40. The minimum Gasteiger partial charge on any atom is -0.484 e. The molecule has 0 amide bonds. The predicted molar refractivity (Wildman–Crippen MR) is 100.0 cm³/mol. The van der Waals surface area contributed by atoms with Gasteiger partial charge in [-0.05, 0) is 35.4 Å². The van der Waals surface area contributed by atoms with E-state index in [1.807, 2.05) is 20.8 Å². The van der Waals surface area contributed by atoms with Crippen molar-refractivity contribution < 1.29 is 31.1 Å². The number of rotatable bonds is 10. The molecule has 0 spiro atoms. The van der Waals surface area contributed by atoms with Gasteiger partial charge in [-0.15, -0.1) is 0 Å². The lowest BCUT2D eigenvalue weighted by molar-refractivity contribution is -0.153. The molecular weight excluding hydrogens is 381 g/mol. The third-order valence-electron chi connectivity index (χ3n) is 3.61. The Hall–Kier alpha value is -1.28. The van der Waals surface area contributed by atoms with E-state index >= 15 is 0 Å². The van der Waals surface area contributed by atoms with Crippen molar-refractivity contribution in [2.75, 3.05) is 31.3 Å². The highest BCUT2D eigenvalue weighted by atomic mass is 32.2. The molecule has 8 heteroatoms. The first-order valence-electron chi connectivity index (χ1n) is 8.85. The summed E-state index contributed by atoms with van der Waals surface area (Å²) >= 11 is 0. The molecular formula is C19H29F3O4S. The smallest absolute Gasteiger partial charge is 0.422 e. The van der Waals surface area contributed by atoms with Gasteiger partial charge in [0.15, 0.2) is 16.4 Å². The molecule has 156 valence electrons. The van der Waals surface area contributed by atoms with E-state index in [2.05, 4.69) is 0 Å². The Labute approximate surface area is 160 Å². The molecule has 0 N–H and O–H groups in total. The van der Waals surface area contributed by atoms with E-state index in [1.54, 1.807) is 19.1 Å². The minimum atomic E-state index is -4.42. The summed E-state index contributed by atoms with van der Waals surface area (Å²) in [6.07, 6.45) is -4.00. The van der Waals surface area contributed by atoms with Crippen molar-refractivity contribution in [2.24, 2.45) is 5.41 Å². The van der Waals surface area contributed by atoms with Crippen LogP contribution in [0.2, 0.25) is 0 Å². The number of benzene rings is 1. The van der Waals surface area contributed by atoms with Gasteiger partial charge in [-0.1, -0.05) is 39.8 Å². The quantitative estimate of drug-likeness (QED) is 0.529. The standard InChI is InChI=1S/C19H29F3O4S/c1-15(12-27(23,24)10-6-9-25-13-18(2,3)4)16-7-5-8-17(11-16)26-14-19(20,21)22/h5,7-8,11,15H,6,9-10,12-14H2,1-4H3/t15-/m0/s1. The van der Waals surface area contributed by atoms with Crippen LogP contribution in [-0.2, 0) is 14.6 Å². The summed E-state index contributed by atoms with van der Waals surface area (Å²) in [6, 6.07) is 6.12. The Balaban J connectivity index is 2.52. The highest BCUT2D eigenvalue weighted by molar-refractivity contribution is 7.91. The monoisotopic (exact) mass is 410 g/mol. The van der Waals surface area contributed by atoms with Gasteiger partial charge in [0.1, 0.15) is 5.75 Å². The Morgan fingerprint density at radius 1 is 1.11 bits per heavy atom. The average Bonchev–Trinajstić information content (AvgIpc) is 2.50. The van der Waals surface area contributed by atoms with Crippen LogP contribution in [0.5, 0.6) is 5.75 Å². The fourth-order valence-corrected chi connectivity index (χ4v) is 4.07. The summed E-state index contributed by atoms with van der Waals surface area (Å²) in [7, 11) is -3.29. The van der Waals surface area contributed by atoms with Crippen LogP contribution in [0, 0.1) is 5.41 Å². The summed E-state index contributed by atoms with van der Waals surface area (Å²) in [5.41, 5.74) is 0.661. The largest absolute Gasteiger partial charge is 0.484 e. The number of ether oxygens (including phenoxy) is 2. The van der Waals surface area contributed by atoms with Crippen LogP contribution in [0.25, 0.3) is 0 Å². The first-order valence-corrected chi connectivity index (χ1v) is 10.7. The van der Waals surface area contributed by atoms with E-state index in [4.69, 9.17) is 9.47 Å². The Morgan fingerprint density at radius 3 is 2.37 bits per heavy atom. The lowest BCUT2D eigenvalue weighted by Crippen LogP contribution is -2.20. The Morgan fingerprint density at radius 2 is 1.78 bits per heavy atom. The molecule has 0 heterocycles. The van der Waals surface area contributed by atoms with Crippen molar-refractivity contribution in [3.05, 3.63) is 29.8 Å². The summed E-state index contributed by atoms with van der Waals surface area (Å²) in [4.78, 5) is 0. The number of halogens is 3. The van der Waals surface area contributed by atoms with Crippen LogP contribution in [0.1, 0.15) is 45.6 Å². The number of hydrogen-bond acceptors (Lipinski definition) is 4. The molecule has 0 fully saturated rings. The van der Waals surface area contributed by atoms with Crippen molar-refractivity contribution in [1.29, 1.82) is 0 Å². The zero-order valence-corrected chi connectivity index (χ0v) is 17.1. The summed E-state index contributed by atoms with van der Waals surface area (Å²) in [5, 5.41) is 0. The normalized spacial score (nSPS) is 14.2. The third-order valence-corrected chi connectivity index (χ3v) is 5.53. The fraction of sp³-hybridized carbons (Fsp3) is 0.684. The summed E-state index contributed by atoms with van der Waals surface area (Å²) in [5.74, 6) is -0.328. The van der Waals surface area contributed by atoms with E-state index in [0.717, 1.165) is 0 Å². The van der Waals surface area contributed by atoms with Gasteiger partial charge in [-0.2, -0.15) is 13.2 Å². The second-order valence-corrected chi connectivity index (χ2v) is 10.2. The molecule has 0 aliphatic rings. The van der Waals surface area contributed by atoms with E-state index in [9.17, 15) is 21.6 Å². The lowest BCUT2D eigenvalue weighted by atomic mass is 9.99. The highest BCUT2D eigenvalue weighted by Crippen LogP contribution is 2.24. The second kappa shape index (κ2) is 9.78. The van der Waals surface area contributed by atoms with Crippen LogP contribution in [0.15, 0.2) is 24.3 Å². The van der Waals surface area contributed by atoms with Gasteiger partial charge in [0.05, 0.1) is 18.1 Å². The van der Waals surface area contributed by atoms with Gasteiger partial charge in [0.2, 0.25) is 0 Å². The SMILES string of the molecule is C[C@@H](CS(=O)(=O)CCCOCC(C)(C)C)c1cccc(OCC(F)(F)F)c1. The van der Waals surface area contributed by atoms with Crippen molar-refractivity contribution in [2.45, 2.75) is 46.2 Å². The molecule has 1 atom stereocenters.